The molecule has 1 unspecified atom stereocenters. The summed E-state index contributed by atoms with van der Waals surface area (Å²) in [5, 5.41) is 9.27. The van der Waals surface area contributed by atoms with E-state index in [4.69, 9.17) is 9.84 Å². The molecule has 94 valence electrons. The molecule has 1 rings (SSSR count). The van der Waals surface area contributed by atoms with E-state index in [2.05, 4.69) is 0 Å². The predicted octanol–water partition coefficient (Wildman–Crippen LogP) is 2.93. The highest BCUT2D eigenvalue weighted by molar-refractivity contribution is 8.00. The van der Waals surface area contributed by atoms with Crippen molar-refractivity contribution in [3.63, 3.8) is 0 Å². The molecule has 1 amide bonds. The Balaban J connectivity index is 2.88. The molecule has 0 fully saturated rings. The van der Waals surface area contributed by atoms with Crippen LogP contribution < -0.4 is 4.90 Å². The van der Waals surface area contributed by atoms with Crippen LogP contribution in [0.2, 0.25) is 0 Å². The van der Waals surface area contributed by atoms with Crippen LogP contribution in [0.1, 0.15) is 6.92 Å². The maximum absolute atomic E-state index is 11.0. The van der Waals surface area contributed by atoms with E-state index < -0.39 is 6.09 Å². The number of methoxy groups -OCH3 is 1. The van der Waals surface area contributed by atoms with Gasteiger partial charge in [-0.15, -0.1) is 11.8 Å². The lowest BCUT2D eigenvalue weighted by Crippen LogP contribution is -2.24. The predicted molar refractivity (Wildman–Crippen MR) is 70.1 cm³/mol. The van der Waals surface area contributed by atoms with Gasteiger partial charge in [0.05, 0.1) is 12.3 Å². The van der Waals surface area contributed by atoms with Gasteiger partial charge in [0.15, 0.2) is 0 Å². The zero-order valence-corrected chi connectivity index (χ0v) is 11.0. The summed E-state index contributed by atoms with van der Waals surface area (Å²) in [5.74, 6) is 0. The second-order valence-electron chi connectivity index (χ2n) is 3.69. The molecule has 1 atom stereocenters. The number of hydrogen-bond donors (Lipinski definition) is 1. The number of thioether (sulfide) groups is 1. The second-order valence-corrected chi connectivity index (χ2v) is 5.17. The Bertz CT molecular complexity index is 384. The average molecular weight is 255 g/mol. The van der Waals surface area contributed by atoms with Gasteiger partial charge in [-0.25, -0.2) is 4.79 Å². The molecule has 0 aromatic heterocycles. The first-order valence-electron chi connectivity index (χ1n) is 5.27. The number of para-hydroxylation sites is 1. The van der Waals surface area contributed by atoms with Crippen LogP contribution in [-0.2, 0) is 4.74 Å². The third kappa shape index (κ3) is 3.94. The van der Waals surface area contributed by atoms with Crippen molar-refractivity contribution in [1.29, 1.82) is 0 Å². The number of carbonyl (C=O) groups is 1. The SMILES string of the molecule is COCC(C)Sc1ccccc1N(C)C(=O)O. The molecule has 0 spiro atoms. The van der Waals surface area contributed by atoms with Gasteiger partial charge in [-0.3, -0.25) is 4.90 Å². The number of rotatable bonds is 5. The molecule has 4 nitrogen and oxygen atoms in total. The fourth-order valence-electron chi connectivity index (χ4n) is 1.42. The number of carboxylic acid groups (broad SMARTS) is 1. The van der Waals surface area contributed by atoms with Gasteiger partial charge in [0.1, 0.15) is 0 Å². The van der Waals surface area contributed by atoms with E-state index in [0.29, 0.717) is 12.3 Å². The first kappa shape index (κ1) is 13.9. The Hall–Kier alpha value is -1.20. The molecule has 1 aromatic rings. The third-order valence-electron chi connectivity index (χ3n) is 2.24. The largest absolute Gasteiger partial charge is 0.465 e. The van der Waals surface area contributed by atoms with Gasteiger partial charge in [0, 0.05) is 24.3 Å². The zero-order valence-electron chi connectivity index (χ0n) is 10.2. The van der Waals surface area contributed by atoms with Gasteiger partial charge in [0.2, 0.25) is 0 Å². The smallest absolute Gasteiger partial charge is 0.411 e. The highest BCUT2D eigenvalue weighted by Crippen LogP contribution is 2.32. The Labute approximate surface area is 106 Å². The van der Waals surface area contributed by atoms with Crippen molar-refractivity contribution in [2.75, 3.05) is 25.7 Å². The lowest BCUT2D eigenvalue weighted by Gasteiger charge is -2.19. The summed E-state index contributed by atoms with van der Waals surface area (Å²) in [6, 6.07) is 7.46. The molecule has 0 aliphatic heterocycles. The molecule has 0 heterocycles. The minimum Gasteiger partial charge on any atom is -0.465 e. The van der Waals surface area contributed by atoms with E-state index in [0.717, 1.165) is 4.90 Å². The van der Waals surface area contributed by atoms with Crippen LogP contribution >= 0.6 is 11.8 Å². The van der Waals surface area contributed by atoms with Crippen LogP contribution in [0.25, 0.3) is 0 Å². The van der Waals surface area contributed by atoms with Crippen LogP contribution in [0.3, 0.4) is 0 Å². The van der Waals surface area contributed by atoms with Crippen molar-refractivity contribution in [3.8, 4) is 0 Å². The van der Waals surface area contributed by atoms with Crippen molar-refractivity contribution in [1.82, 2.24) is 0 Å². The normalized spacial score (nSPS) is 12.2. The van der Waals surface area contributed by atoms with Gasteiger partial charge < -0.3 is 9.84 Å². The fourth-order valence-corrected chi connectivity index (χ4v) is 2.54. The number of hydrogen-bond acceptors (Lipinski definition) is 3. The Morgan fingerprint density at radius 2 is 2.18 bits per heavy atom. The van der Waals surface area contributed by atoms with Crippen LogP contribution in [0, 0.1) is 0 Å². The molecule has 1 N–H and O–H groups in total. The maximum Gasteiger partial charge on any atom is 0.411 e. The van der Waals surface area contributed by atoms with Crippen molar-refractivity contribution in [2.24, 2.45) is 0 Å². The molecule has 1 aromatic carbocycles. The molecule has 0 aliphatic rings. The van der Waals surface area contributed by atoms with Crippen LogP contribution in [-0.4, -0.2) is 37.2 Å². The molecule has 0 bridgehead atoms. The highest BCUT2D eigenvalue weighted by atomic mass is 32.2. The van der Waals surface area contributed by atoms with Crippen molar-refractivity contribution >= 4 is 23.5 Å². The average Bonchev–Trinajstić information content (AvgIpc) is 2.29. The van der Waals surface area contributed by atoms with E-state index >= 15 is 0 Å². The quantitative estimate of drug-likeness (QED) is 0.822. The Morgan fingerprint density at radius 1 is 1.53 bits per heavy atom. The van der Waals surface area contributed by atoms with Gasteiger partial charge in [-0.1, -0.05) is 19.1 Å². The number of ether oxygens (including phenoxy) is 1. The monoisotopic (exact) mass is 255 g/mol. The Kier molecular flexibility index (Phi) is 5.31. The Morgan fingerprint density at radius 3 is 2.76 bits per heavy atom. The van der Waals surface area contributed by atoms with Gasteiger partial charge in [-0.2, -0.15) is 0 Å². The first-order valence-corrected chi connectivity index (χ1v) is 6.15. The highest BCUT2D eigenvalue weighted by Gasteiger charge is 2.14. The molecule has 17 heavy (non-hydrogen) atoms. The minimum absolute atomic E-state index is 0.281. The topological polar surface area (TPSA) is 49.8 Å². The summed E-state index contributed by atoms with van der Waals surface area (Å²) in [5.41, 5.74) is 0.702. The molecule has 0 radical (unpaired) electrons. The second kappa shape index (κ2) is 6.51. The van der Waals surface area contributed by atoms with E-state index in [1.807, 2.05) is 25.1 Å². The first-order chi connectivity index (χ1) is 8.06. The van der Waals surface area contributed by atoms with Crippen LogP contribution in [0.5, 0.6) is 0 Å². The molecule has 0 saturated heterocycles. The maximum atomic E-state index is 11.0. The minimum atomic E-state index is -0.961. The zero-order chi connectivity index (χ0) is 12.8. The molecule has 0 saturated carbocycles. The standard InChI is InChI=1S/C12H17NO3S/c1-9(8-16-3)17-11-7-5-4-6-10(11)13(2)12(14)15/h4-7,9H,8H2,1-3H3,(H,14,15). The summed E-state index contributed by atoms with van der Waals surface area (Å²) in [6.45, 7) is 2.68. The summed E-state index contributed by atoms with van der Waals surface area (Å²) in [7, 11) is 3.20. The molecule has 0 aliphatic carbocycles. The molecular formula is C12H17NO3S. The lowest BCUT2D eigenvalue weighted by molar-refractivity contribution is 0.203. The van der Waals surface area contributed by atoms with Gasteiger partial charge >= 0.3 is 6.09 Å². The van der Waals surface area contributed by atoms with Gasteiger partial charge in [-0.05, 0) is 12.1 Å². The lowest BCUT2D eigenvalue weighted by atomic mass is 10.3. The van der Waals surface area contributed by atoms with Crippen LogP contribution in [0.15, 0.2) is 29.2 Å². The van der Waals surface area contributed by atoms with E-state index in [-0.39, 0.29) is 5.25 Å². The third-order valence-corrected chi connectivity index (χ3v) is 3.38. The molecule has 5 heteroatoms. The van der Waals surface area contributed by atoms with Crippen molar-refractivity contribution in [3.05, 3.63) is 24.3 Å². The van der Waals surface area contributed by atoms with E-state index in [1.54, 1.807) is 32.0 Å². The summed E-state index contributed by atoms with van der Waals surface area (Å²) >= 11 is 1.61. The number of benzene rings is 1. The van der Waals surface area contributed by atoms with E-state index in [1.165, 1.54) is 4.90 Å². The number of amides is 1. The van der Waals surface area contributed by atoms with Gasteiger partial charge in [0.25, 0.3) is 0 Å². The van der Waals surface area contributed by atoms with Crippen molar-refractivity contribution < 1.29 is 14.6 Å². The summed E-state index contributed by atoms with van der Waals surface area (Å²) in [4.78, 5) is 13.1. The number of anilines is 1. The van der Waals surface area contributed by atoms with E-state index in [9.17, 15) is 4.79 Å². The summed E-state index contributed by atoms with van der Waals surface area (Å²) < 4.78 is 5.07. The van der Waals surface area contributed by atoms with Crippen molar-refractivity contribution in [2.45, 2.75) is 17.1 Å². The number of nitrogens with zero attached hydrogens (tertiary/aromatic N) is 1. The fraction of sp³-hybridized carbons (Fsp3) is 0.417. The van der Waals surface area contributed by atoms with Crippen LogP contribution in [0.4, 0.5) is 10.5 Å². The molecular weight excluding hydrogens is 238 g/mol. The summed E-state index contributed by atoms with van der Waals surface area (Å²) in [6.07, 6.45) is -0.961.